The summed E-state index contributed by atoms with van der Waals surface area (Å²) in [6.45, 7) is 1.65. The minimum Gasteiger partial charge on any atom is -0.454 e. The summed E-state index contributed by atoms with van der Waals surface area (Å²) in [5, 5.41) is 13.3. The second kappa shape index (κ2) is 4.72. The van der Waals surface area contributed by atoms with Gasteiger partial charge >= 0.3 is 0 Å². The number of halogens is 1. The summed E-state index contributed by atoms with van der Waals surface area (Å²) in [6.07, 6.45) is 2.95. The lowest BCUT2D eigenvalue weighted by atomic mass is 9.80. The third-order valence-corrected chi connectivity index (χ3v) is 4.14. The molecule has 3 rings (SSSR count). The average molecular weight is 314 g/mol. The van der Waals surface area contributed by atoms with Gasteiger partial charge in [0.15, 0.2) is 11.5 Å². The number of aliphatic hydroxyl groups is 1. The fourth-order valence-electron chi connectivity index (χ4n) is 2.32. The number of benzene rings is 1. The second-order valence-electron chi connectivity index (χ2n) is 4.99. The summed E-state index contributed by atoms with van der Waals surface area (Å²) < 4.78 is 11.6. The smallest absolute Gasteiger partial charge is 0.231 e. The summed E-state index contributed by atoms with van der Waals surface area (Å²) in [6, 6.07) is 4.00. The van der Waals surface area contributed by atoms with Crippen molar-refractivity contribution in [3.8, 4) is 11.5 Å². The summed E-state index contributed by atoms with van der Waals surface area (Å²) in [4.78, 5) is 0. The van der Waals surface area contributed by atoms with Gasteiger partial charge in [-0.2, -0.15) is 0 Å². The molecule has 1 aliphatic heterocycles. The molecule has 0 radical (unpaired) electrons. The maximum Gasteiger partial charge on any atom is 0.231 e. The molecule has 0 saturated heterocycles. The van der Waals surface area contributed by atoms with Crippen LogP contribution in [0.4, 0.5) is 0 Å². The van der Waals surface area contributed by atoms with Crippen LogP contribution >= 0.6 is 15.9 Å². The quantitative estimate of drug-likeness (QED) is 0.894. The average Bonchev–Trinajstić information content (AvgIpc) is 2.75. The third kappa shape index (κ3) is 2.35. The lowest BCUT2D eigenvalue weighted by molar-refractivity contribution is -0.0314. The van der Waals surface area contributed by atoms with Crippen LogP contribution < -0.4 is 14.8 Å². The Morgan fingerprint density at radius 3 is 2.89 bits per heavy atom. The van der Waals surface area contributed by atoms with Crippen LogP contribution in [0.2, 0.25) is 0 Å². The number of nitrogens with one attached hydrogen (secondary N) is 1. The molecule has 18 heavy (non-hydrogen) atoms. The Bertz CT molecular complexity index is 460. The minimum absolute atomic E-state index is 0.282. The van der Waals surface area contributed by atoms with Gasteiger partial charge in [0.2, 0.25) is 6.79 Å². The molecular formula is C13H16BrNO3. The highest BCUT2D eigenvalue weighted by molar-refractivity contribution is 9.10. The monoisotopic (exact) mass is 313 g/mol. The van der Waals surface area contributed by atoms with Crippen LogP contribution in [0.25, 0.3) is 0 Å². The second-order valence-corrected chi connectivity index (χ2v) is 5.85. The molecule has 0 unspecified atom stereocenters. The van der Waals surface area contributed by atoms with Crippen molar-refractivity contribution in [1.82, 2.24) is 5.32 Å². The normalized spacial score (nSPS) is 19.7. The summed E-state index contributed by atoms with van der Waals surface area (Å²) in [5.41, 5.74) is 0.641. The first-order valence-corrected chi connectivity index (χ1v) is 6.97. The Morgan fingerprint density at radius 2 is 2.17 bits per heavy atom. The number of rotatable bonds is 4. The van der Waals surface area contributed by atoms with Crippen molar-refractivity contribution in [3.63, 3.8) is 0 Å². The number of hydrogen-bond donors (Lipinski definition) is 2. The molecule has 1 aromatic rings. The molecule has 0 atom stereocenters. The van der Waals surface area contributed by atoms with Gasteiger partial charge in [0.05, 0.1) is 10.1 Å². The van der Waals surface area contributed by atoms with Gasteiger partial charge in [-0.1, -0.05) is 0 Å². The van der Waals surface area contributed by atoms with Gasteiger partial charge in [-0.15, -0.1) is 0 Å². The van der Waals surface area contributed by atoms with Crippen molar-refractivity contribution in [2.75, 3.05) is 13.3 Å². The molecule has 5 heteroatoms. The van der Waals surface area contributed by atoms with Crippen molar-refractivity contribution < 1.29 is 14.6 Å². The highest BCUT2D eigenvalue weighted by atomic mass is 79.9. The molecule has 4 nitrogen and oxygen atoms in total. The highest BCUT2D eigenvalue weighted by Gasteiger charge is 2.33. The van der Waals surface area contributed by atoms with Gasteiger partial charge < -0.3 is 19.9 Å². The first-order chi connectivity index (χ1) is 8.66. The zero-order chi connectivity index (χ0) is 12.6. The van der Waals surface area contributed by atoms with Gasteiger partial charge in [0.25, 0.3) is 0 Å². The van der Waals surface area contributed by atoms with Crippen LogP contribution in [0.3, 0.4) is 0 Å². The molecule has 0 aromatic heterocycles. The Balaban J connectivity index is 1.61. The fraction of sp³-hybridized carbons (Fsp3) is 0.538. The zero-order valence-corrected chi connectivity index (χ0v) is 11.6. The van der Waals surface area contributed by atoms with Gasteiger partial charge in [-0.3, -0.25) is 0 Å². The molecule has 1 fully saturated rings. The molecule has 2 aliphatic rings. The molecule has 98 valence electrons. The predicted molar refractivity (Wildman–Crippen MR) is 70.8 cm³/mol. The van der Waals surface area contributed by atoms with Gasteiger partial charge in [0.1, 0.15) is 0 Å². The minimum atomic E-state index is -0.479. The Morgan fingerprint density at radius 1 is 1.33 bits per heavy atom. The topological polar surface area (TPSA) is 50.7 Å². The van der Waals surface area contributed by atoms with Gasteiger partial charge in [-0.05, 0) is 52.9 Å². The molecular weight excluding hydrogens is 298 g/mol. The highest BCUT2D eigenvalue weighted by Crippen LogP contribution is 2.40. The van der Waals surface area contributed by atoms with Crippen LogP contribution in [0.1, 0.15) is 24.8 Å². The molecule has 0 bridgehead atoms. The lowest BCUT2D eigenvalue weighted by Crippen LogP contribution is -2.45. The van der Waals surface area contributed by atoms with E-state index in [1.54, 1.807) is 0 Å². The standard InChI is InChI=1S/C13H16BrNO3/c14-10-4-9(5-11-12(10)18-8-17-11)6-15-7-13(16)2-1-3-13/h4-5,15-16H,1-3,6-8H2. The Labute approximate surface area is 114 Å². The first kappa shape index (κ1) is 12.3. The van der Waals surface area contributed by atoms with Gasteiger partial charge in [0, 0.05) is 13.1 Å². The predicted octanol–water partition coefficient (Wildman–Crippen LogP) is 2.18. The molecule has 0 spiro atoms. The van der Waals surface area contributed by atoms with Crippen molar-refractivity contribution in [2.24, 2.45) is 0 Å². The Kier molecular flexibility index (Phi) is 3.21. The molecule has 1 aliphatic carbocycles. The van der Waals surface area contributed by atoms with E-state index in [4.69, 9.17) is 9.47 Å². The Hall–Kier alpha value is -0.780. The van der Waals surface area contributed by atoms with Crippen LogP contribution in [0.5, 0.6) is 11.5 Å². The SMILES string of the molecule is OC1(CNCc2cc(Br)c3c(c2)OCO3)CCC1. The van der Waals surface area contributed by atoms with Crippen LogP contribution in [-0.2, 0) is 6.54 Å². The molecule has 1 saturated carbocycles. The van der Waals surface area contributed by atoms with Crippen molar-refractivity contribution in [3.05, 3.63) is 22.2 Å². The van der Waals surface area contributed by atoms with Crippen molar-refractivity contribution in [1.29, 1.82) is 0 Å². The van der Waals surface area contributed by atoms with E-state index >= 15 is 0 Å². The van der Waals surface area contributed by atoms with E-state index in [9.17, 15) is 5.11 Å². The number of ether oxygens (including phenoxy) is 2. The summed E-state index contributed by atoms with van der Waals surface area (Å²) in [5.74, 6) is 1.56. The molecule has 2 N–H and O–H groups in total. The maximum absolute atomic E-state index is 9.98. The van der Waals surface area contributed by atoms with E-state index < -0.39 is 5.60 Å². The van der Waals surface area contributed by atoms with Crippen molar-refractivity contribution in [2.45, 2.75) is 31.4 Å². The van der Waals surface area contributed by atoms with E-state index in [1.165, 1.54) is 0 Å². The molecule has 1 aromatic carbocycles. The van der Waals surface area contributed by atoms with Gasteiger partial charge in [-0.25, -0.2) is 0 Å². The van der Waals surface area contributed by atoms with Crippen molar-refractivity contribution >= 4 is 15.9 Å². The third-order valence-electron chi connectivity index (χ3n) is 3.55. The van der Waals surface area contributed by atoms with E-state index in [2.05, 4.69) is 21.2 Å². The summed E-state index contributed by atoms with van der Waals surface area (Å²) in [7, 11) is 0. The zero-order valence-electron chi connectivity index (χ0n) is 10.0. The number of fused-ring (bicyclic) bond motifs is 1. The van der Waals surface area contributed by atoms with E-state index in [0.29, 0.717) is 6.54 Å². The van der Waals surface area contributed by atoms with E-state index in [-0.39, 0.29) is 6.79 Å². The molecule has 0 amide bonds. The largest absolute Gasteiger partial charge is 0.454 e. The summed E-state index contributed by atoms with van der Waals surface area (Å²) >= 11 is 3.47. The van der Waals surface area contributed by atoms with Crippen LogP contribution in [-0.4, -0.2) is 24.0 Å². The first-order valence-electron chi connectivity index (χ1n) is 6.17. The lowest BCUT2D eigenvalue weighted by Gasteiger charge is -2.36. The number of hydrogen-bond acceptors (Lipinski definition) is 4. The van der Waals surface area contributed by atoms with Crippen LogP contribution in [0.15, 0.2) is 16.6 Å². The van der Waals surface area contributed by atoms with Crippen LogP contribution in [0, 0.1) is 0 Å². The maximum atomic E-state index is 9.98. The fourth-order valence-corrected chi connectivity index (χ4v) is 2.93. The van der Waals surface area contributed by atoms with E-state index in [0.717, 1.165) is 47.3 Å². The molecule has 1 heterocycles. The van der Waals surface area contributed by atoms with E-state index in [1.807, 2.05) is 12.1 Å².